The van der Waals surface area contributed by atoms with Crippen LogP contribution in [0.2, 0.25) is 0 Å². The molecule has 24 heavy (non-hydrogen) atoms. The summed E-state index contributed by atoms with van der Waals surface area (Å²) in [5.74, 6) is -3.77. The van der Waals surface area contributed by atoms with Crippen LogP contribution in [0.3, 0.4) is 0 Å². The van der Waals surface area contributed by atoms with Crippen molar-refractivity contribution in [1.82, 2.24) is 9.88 Å². The largest absolute Gasteiger partial charge is 0.481 e. The zero-order chi connectivity index (χ0) is 17.7. The number of benzene rings is 1. The molecule has 0 fully saturated rings. The molecule has 126 valence electrons. The van der Waals surface area contributed by atoms with E-state index in [9.17, 15) is 19.2 Å². The van der Waals surface area contributed by atoms with Gasteiger partial charge in [0.25, 0.3) is 0 Å². The van der Waals surface area contributed by atoms with Gasteiger partial charge in [-0.2, -0.15) is 0 Å². The molecule has 1 atom stereocenters. The van der Waals surface area contributed by atoms with Gasteiger partial charge in [0.15, 0.2) is 0 Å². The third kappa shape index (κ3) is 4.19. The van der Waals surface area contributed by atoms with Gasteiger partial charge in [0.05, 0.1) is 11.9 Å². The quantitative estimate of drug-likeness (QED) is 0.697. The van der Waals surface area contributed by atoms with Crippen molar-refractivity contribution in [3.05, 3.63) is 36.5 Å². The van der Waals surface area contributed by atoms with E-state index in [-0.39, 0.29) is 18.7 Å². The Hall–Kier alpha value is -3.16. The minimum Gasteiger partial charge on any atom is -0.481 e. The summed E-state index contributed by atoms with van der Waals surface area (Å²) in [6.07, 6.45) is 0.533. The van der Waals surface area contributed by atoms with E-state index in [1.165, 1.54) is 4.57 Å². The maximum Gasteiger partial charge on any atom is 0.326 e. The van der Waals surface area contributed by atoms with E-state index in [1.54, 1.807) is 24.4 Å². The van der Waals surface area contributed by atoms with Crippen molar-refractivity contribution in [3.8, 4) is 0 Å². The Morgan fingerprint density at radius 3 is 2.42 bits per heavy atom. The van der Waals surface area contributed by atoms with Crippen LogP contribution in [0.5, 0.6) is 0 Å². The van der Waals surface area contributed by atoms with Gasteiger partial charge in [0.2, 0.25) is 11.8 Å². The molecule has 0 aliphatic rings. The second-order valence-corrected chi connectivity index (χ2v) is 5.19. The molecular weight excluding hydrogens is 316 g/mol. The number of hydrogen-bond acceptors (Lipinski definition) is 4. The normalized spacial score (nSPS) is 11.8. The summed E-state index contributed by atoms with van der Waals surface area (Å²) in [6, 6.07) is 7.54. The molecule has 8 heteroatoms. The van der Waals surface area contributed by atoms with Crippen molar-refractivity contribution in [2.24, 2.45) is 0 Å². The summed E-state index contributed by atoms with van der Waals surface area (Å²) in [6.45, 7) is 0. The summed E-state index contributed by atoms with van der Waals surface area (Å²) in [5.41, 5.74) is 0.720. The maximum absolute atomic E-state index is 12.2. The van der Waals surface area contributed by atoms with Crippen molar-refractivity contribution in [2.45, 2.75) is 25.3 Å². The molecule has 8 nitrogen and oxygen atoms in total. The van der Waals surface area contributed by atoms with Gasteiger partial charge >= 0.3 is 11.9 Å². The third-order valence-electron chi connectivity index (χ3n) is 3.45. The lowest BCUT2D eigenvalue weighted by molar-refractivity contribution is -0.147. The smallest absolute Gasteiger partial charge is 0.326 e. The number of aromatic nitrogens is 1. The summed E-state index contributed by atoms with van der Waals surface area (Å²) < 4.78 is 1.43. The minimum absolute atomic E-state index is 0.121. The molecule has 0 bridgehead atoms. The highest BCUT2D eigenvalue weighted by Gasteiger charge is 2.23. The number of nitrogens with zero attached hydrogens (tertiary/aromatic N) is 1. The third-order valence-corrected chi connectivity index (χ3v) is 3.45. The molecule has 0 saturated carbocycles. The maximum atomic E-state index is 12.2. The molecule has 0 aliphatic carbocycles. The van der Waals surface area contributed by atoms with Gasteiger partial charge in [-0.25, -0.2) is 4.79 Å². The van der Waals surface area contributed by atoms with Crippen LogP contribution in [-0.2, 0) is 14.4 Å². The van der Waals surface area contributed by atoms with Gasteiger partial charge < -0.3 is 15.5 Å². The molecule has 3 N–H and O–H groups in total. The molecule has 2 rings (SSSR count). The number of carboxylic acid groups (broad SMARTS) is 2. The van der Waals surface area contributed by atoms with Crippen LogP contribution in [0.25, 0.3) is 10.9 Å². The molecular formula is C16H16N2O6. The zero-order valence-corrected chi connectivity index (χ0v) is 12.6. The first-order valence-corrected chi connectivity index (χ1v) is 7.21. The van der Waals surface area contributed by atoms with Crippen molar-refractivity contribution < 1.29 is 29.4 Å². The predicted octanol–water partition coefficient (Wildman–Crippen LogP) is 1.11. The molecule has 0 spiro atoms. The number of amides is 1. The van der Waals surface area contributed by atoms with E-state index in [2.05, 4.69) is 5.32 Å². The number of hydrogen-bond donors (Lipinski definition) is 3. The molecule has 1 heterocycles. The lowest BCUT2D eigenvalue weighted by Crippen LogP contribution is -2.42. The Kier molecular flexibility index (Phi) is 5.31. The first-order valence-electron chi connectivity index (χ1n) is 7.21. The monoisotopic (exact) mass is 332 g/mol. The van der Waals surface area contributed by atoms with Gasteiger partial charge in [-0.15, -0.1) is 0 Å². The Morgan fingerprint density at radius 2 is 1.75 bits per heavy atom. The van der Waals surface area contributed by atoms with E-state index in [1.807, 2.05) is 12.1 Å². The van der Waals surface area contributed by atoms with Crippen LogP contribution in [0.15, 0.2) is 36.5 Å². The molecule has 2 aromatic rings. The highest BCUT2D eigenvalue weighted by molar-refractivity contribution is 5.94. The van der Waals surface area contributed by atoms with Crippen LogP contribution >= 0.6 is 0 Å². The molecule has 1 aromatic carbocycles. The molecule has 1 amide bonds. The molecule has 0 radical (unpaired) electrons. The fraction of sp³-hybridized carbons (Fsp3) is 0.250. The van der Waals surface area contributed by atoms with Crippen molar-refractivity contribution in [2.75, 3.05) is 0 Å². The van der Waals surface area contributed by atoms with Crippen molar-refractivity contribution in [3.63, 3.8) is 0 Å². The number of fused-ring (bicyclic) bond motifs is 1. The number of para-hydroxylation sites is 1. The lowest BCUT2D eigenvalue weighted by atomic mass is 10.2. The minimum atomic E-state index is -1.52. The average molecular weight is 332 g/mol. The molecule has 1 aromatic heterocycles. The van der Waals surface area contributed by atoms with Gasteiger partial charge in [0.1, 0.15) is 6.04 Å². The first-order chi connectivity index (χ1) is 11.4. The topological polar surface area (TPSA) is 126 Å². The van der Waals surface area contributed by atoms with Crippen molar-refractivity contribution in [1.29, 1.82) is 0 Å². The highest BCUT2D eigenvalue weighted by atomic mass is 16.4. The summed E-state index contributed by atoms with van der Waals surface area (Å²) in [5, 5.41) is 20.5. The Labute approximate surface area is 136 Å². The first kappa shape index (κ1) is 17.2. The van der Waals surface area contributed by atoms with E-state index < -0.39 is 30.3 Å². The second kappa shape index (κ2) is 7.40. The highest BCUT2D eigenvalue weighted by Crippen LogP contribution is 2.15. The Balaban J connectivity index is 1.94. The van der Waals surface area contributed by atoms with Gasteiger partial charge in [0, 0.05) is 24.4 Å². The van der Waals surface area contributed by atoms with Crippen LogP contribution in [0.1, 0.15) is 24.1 Å². The van der Waals surface area contributed by atoms with Gasteiger partial charge in [-0.1, -0.05) is 18.2 Å². The second-order valence-electron chi connectivity index (χ2n) is 5.19. The summed E-state index contributed by atoms with van der Waals surface area (Å²) in [7, 11) is 0. The summed E-state index contributed by atoms with van der Waals surface area (Å²) in [4.78, 5) is 45.4. The fourth-order valence-corrected chi connectivity index (χ4v) is 2.28. The van der Waals surface area contributed by atoms with E-state index in [4.69, 9.17) is 10.2 Å². The van der Waals surface area contributed by atoms with E-state index in [0.29, 0.717) is 0 Å². The van der Waals surface area contributed by atoms with E-state index in [0.717, 1.165) is 10.9 Å². The van der Waals surface area contributed by atoms with E-state index >= 15 is 0 Å². The molecule has 0 aliphatic heterocycles. The molecule has 0 saturated heterocycles. The summed E-state index contributed by atoms with van der Waals surface area (Å²) >= 11 is 0. The standard InChI is InChI=1S/C16H16N2O6/c19-13(17-11(16(23)24)9-15(21)22)5-6-14(20)18-8-7-10-3-1-2-4-12(10)18/h1-4,7-8,11H,5-6,9H2,(H,17,19)(H,21,22)(H,23,24). The van der Waals surface area contributed by atoms with Gasteiger partial charge in [-0.05, 0) is 12.1 Å². The lowest BCUT2D eigenvalue weighted by Gasteiger charge is -2.12. The molecule has 1 unspecified atom stereocenters. The van der Waals surface area contributed by atoms with Crippen molar-refractivity contribution >= 4 is 34.7 Å². The Bertz CT molecular complexity index is 795. The fourth-order valence-electron chi connectivity index (χ4n) is 2.28. The predicted molar refractivity (Wildman–Crippen MR) is 83.6 cm³/mol. The number of carboxylic acids is 2. The number of aliphatic carboxylic acids is 2. The van der Waals surface area contributed by atoms with Crippen LogP contribution in [0.4, 0.5) is 0 Å². The zero-order valence-electron chi connectivity index (χ0n) is 12.6. The number of carbonyl (C=O) groups is 4. The van der Waals surface area contributed by atoms with Crippen LogP contribution < -0.4 is 5.32 Å². The van der Waals surface area contributed by atoms with Gasteiger partial charge in [-0.3, -0.25) is 19.0 Å². The number of nitrogens with one attached hydrogen (secondary N) is 1. The average Bonchev–Trinajstić information content (AvgIpc) is 2.95. The van der Waals surface area contributed by atoms with Crippen LogP contribution in [-0.4, -0.2) is 44.6 Å². The number of rotatable bonds is 7. The van der Waals surface area contributed by atoms with Crippen LogP contribution in [0, 0.1) is 0 Å². The Morgan fingerprint density at radius 1 is 1.04 bits per heavy atom. The SMILES string of the molecule is O=C(O)CC(NC(=O)CCC(=O)n1ccc2ccccc21)C(=O)O. The number of carbonyl (C=O) groups excluding carboxylic acids is 2.